The molecule has 0 aliphatic rings. The van der Waals surface area contributed by atoms with Crippen molar-refractivity contribution in [2.24, 2.45) is 0 Å². The number of imidazole rings is 1. The summed E-state index contributed by atoms with van der Waals surface area (Å²) in [6, 6.07) is 7.48. The minimum absolute atomic E-state index is 0. The fourth-order valence-electron chi connectivity index (χ4n) is 1.99. The van der Waals surface area contributed by atoms with E-state index in [4.69, 9.17) is 0 Å². The Labute approximate surface area is 124 Å². The number of aromatic amines is 1. The first kappa shape index (κ1) is 16.8. The lowest BCUT2D eigenvalue weighted by molar-refractivity contribution is 0.142. The van der Waals surface area contributed by atoms with E-state index in [1.165, 1.54) is 0 Å². The number of hydrogen-bond donors (Lipinski definition) is 3. The molecular formula is C14H22ClN3O2. The van der Waals surface area contributed by atoms with Crippen LogP contribution in [0.4, 0.5) is 0 Å². The predicted octanol–water partition coefficient (Wildman–Crippen LogP) is 1.50. The minimum atomic E-state index is -0.601. The molecule has 3 N–H and O–H groups in total. The quantitative estimate of drug-likeness (QED) is 0.801. The van der Waals surface area contributed by atoms with Gasteiger partial charge in [0.2, 0.25) is 0 Å². The standard InChI is InChI=1S/C14H21N3O2.ClH/c1-14(2,3)15-8-10(18)9-17-12-7-5-4-6-11(12)16-13(17)19;/h4-7,10,15,18H,8-9H2,1-3H3,(H,16,19);1H. The molecule has 1 heterocycles. The van der Waals surface area contributed by atoms with E-state index in [1.807, 2.05) is 45.0 Å². The molecule has 6 heteroatoms. The smallest absolute Gasteiger partial charge is 0.326 e. The minimum Gasteiger partial charge on any atom is -0.390 e. The highest BCUT2D eigenvalue weighted by Crippen LogP contribution is 2.09. The Morgan fingerprint density at radius 3 is 2.65 bits per heavy atom. The maximum Gasteiger partial charge on any atom is 0.326 e. The van der Waals surface area contributed by atoms with Gasteiger partial charge < -0.3 is 15.4 Å². The lowest BCUT2D eigenvalue weighted by atomic mass is 10.1. The van der Waals surface area contributed by atoms with Gasteiger partial charge in [0, 0.05) is 12.1 Å². The molecule has 0 amide bonds. The summed E-state index contributed by atoms with van der Waals surface area (Å²) >= 11 is 0. The van der Waals surface area contributed by atoms with E-state index in [0.717, 1.165) is 11.0 Å². The first-order chi connectivity index (χ1) is 8.87. The first-order valence-electron chi connectivity index (χ1n) is 6.47. The van der Waals surface area contributed by atoms with Crippen LogP contribution in [-0.2, 0) is 6.54 Å². The zero-order valence-electron chi connectivity index (χ0n) is 12.0. The molecule has 0 fully saturated rings. The average molecular weight is 300 g/mol. The number of benzene rings is 1. The Morgan fingerprint density at radius 1 is 1.35 bits per heavy atom. The van der Waals surface area contributed by atoms with Gasteiger partial charge in [-0.05, 0) is 32.9 Å². The molecule has 1 aromatic carbocycles. The number of nitrogens with zero attached hydrogens (tertiary/aromatic N) is 1. The number of para-hydroxylation sites is 2. The molecule has 0 saturated carbocycles. The van der Waals surface area contributed by atoms with Gasteiger partial charge in [0.05, 0.1) is 23.7 Å². The van der Waals surface area contributed by atoms with Crippen molar-refractivity contribution in [3.63, 3.8) is 0 Å². The second-order valence-corrected chi connectivity index (χ2v) is 5.84. The van der Waals surface area contributed by atoms with E-state index in [0.29, 0.717) is 6.54 Å². The van der Waals surface area contributed by atoms with Crippen molar-refractivity contribution in [2.75, 3.05) is 6.54 Å². The molecule has 0 saturated heterocycles. The van der Waals surface area contributed by atoms with Crippen molar-refractivity contribution in [1.29, 1.82) is 0 Å². The van der Waals surface area contributed by atoms with Crippen LogP contribution in [0.5, 0.6) is 0 Å². The Bertz CT molecular complexity index is 613. The van der Waals surface area contributed by atoms with Gasteiger partial charge in [-0.2, -0.15) is 0 Å². The van der Waals surface area contributed by atoms with E-state index in [-0.39, 0.29) is 30.2 Å². The fraction of sp³-hybridized carbons (Fsp3) is 0.500. The van der Waals surface area contributed by atoms with Crippen LogP contribution in [-0.4, -0.2) is 32.8 Å². The number of rotatable bonds is 4. The third-order valence-corrected chi connectivity index (χ3v) is 2.94. The topological polar surface area (TPSA) is 70.0 Å². The first-order valence-corrected chi connectivity index (χ1v) is 6.47. The number of nitrogens with one attached hydrogen (secondary N) is 2. The number of aliphatic hydroxyl groups is 1. The molecule has 0 aliphatic heterocycles. The number of H-pyrrole nitrogens is 1. The van der Waals surface area contributed by atoms with Crippen molar-refractivity contribution in [1.82, 2.24) is 14.9 Å². The summed E-state index contributed by atoms with van der Waals surface area (Å²) in [5.74, 6) is 0. The van der Waals surface area contributed by atoms with Crippen LogP contribution in [0.3, 0.4) is 0 Å². The van der Waals surface area contributed by atoms with Crippen molar-refractivity contribution in [2.45, 2.75) is 39.0 Å². The molecule has 112 valence electrons. The van der Waals surface area contributed by atoms with E-state index in [1.54, 1.807) is 4.57 Å². The summed E-state index contributed by atoms with van der Waals surface area (Å²) in [6.07, 6.45) is -0.601. The zero-order chi connectivity index (χ0) is 14.0. The molecule has 0 radical (unpaired) electrons. The summed E-state index contributed by atoms with van der Waals surface area (Å²) in [6.45, 7) is 6.86. The second kappa shape index (κ2) is 6.43. The van der Waals surface area contributed by atoms with Crippen LogP contribution >= 0.6 is 12.4 Å². The molecule has 0 spiro atoms. The van der Waals surface area contributed by atoms with Crippen LogP contribution in [0.15, 0.2) is 29.1 Å². The lowest BCUT2D eigenvalue weighted by Gasteiger charge is -2.23. The lowest BCUT2D eigenvalue weighted by Crippen LogP contribution is -2.42. The molecule has 1 aromatic heterocycles. The van der Waals surface area contributed by atoms with Crippen molar-refractivity contribution in [3.05, 3.63) is 34.7 Å². The van der Waals surface area contributed by atoms with Crippen LogP contribution in [0.1, 0.15) is 20.8 Å². The van der Waals surface area contributed by atoms with Crippen LogP contribution in [0.25, 0.3) is 11.0 Å². The van der Waals surface area contributed by atoms with Gasteiger partial charge in [0.1, 0.15) is 0 Å². The normalized spacial score (nSPS) is 13.2. The summed E-state index contributed by atoms with van der Waals surface area (Å²) in [4.78, 5) is 14.6. The van der Waals surface area contributed by atoms with Crippen molar-refractivity contribution in [3.8, 4) is 0 Å². The monoisotopic (exact) mass is 299 g/mol. The average Bonchev–Trinajstić information content (AvgIpc) is 2.63. The van der Waals surface area contributed by atoms with Gasteiger partial charge in [0.25, 0.3) is 0 Å². The van der Waals surface area contributed by atoms with Crippen molar-refractivity contribution < 1.29 is 5.11 Å². The van der Waals surface area contributed by atoms with E-state index >= 15 is 0 Å². The Morgan fingerprint density at radius 2 is 2.00 bits per heavy atom. The Hall–Kier alpha value is -1.30. The Kier molecular flexibility index (Phi) is 5.39. The summed E-state index contributed by atoms with van der Waals surface area (Å²) in [5.41, 5.74) is 1.38. The second-order valence-electron chi connectivity index (χ2n) is 5.84. The van der Waals surface area contributed by atoms with Crippen LogP contribution in [0, 0.1) is 0 Å². The maximum atomic E-state index is 11.9. The summed E-state index contributed by atoms with van der Waals surface area (Å²) < 4.78 is 1.57. The zero-order valence-corrected chi connectivity index (χ0v) is 12.8. The predicted molar refractivity (Wildman–Crippen MR) is 83.6 cm³/mol. The highest BCUT2D eigenvalue weighted by molar-refractivity contribution is 5.85. The largest absolute Gasteiger partial charge is 0.390 e. The van der Waals surface area contributed by atoms with Gasteiger partial charge >= 0.3 is 5.69 Å². The summed E-state index contributed by atoms with van der Waals surface area (Å²) in [7, 11) is 0. The number of halogens is 1. The molecule has 20 heavy (non-hydrogen) atoms. The number of aliphatic hydroxyl groups excluding tert-OH is 1. The van der Waals surface area contributed by atoms with Crippen LogP contribution in [0.2, 0.25) is 0 Å². The van der Waals surface area contributed by atoms with Crippen LogP contribution < -0.4 is 11.0 Å². The number of aromatic nitrogens is 2. The highest BCUT2D eigenvalue weighted by atomic mass is 35.5. The summed E-state index contributed by atoms with van der Waals surface area (Å²) in [5, 5.41) is 13.3. The third-order valence-electron chi connectivity index (χ3n) is 2.94. The number of β-amino-alcohol motifs (C(OH)–C–C–N with tert-alkyl or cyclic N) is 1. The van der Waals surface area contributed by atoms with Gasteiger partial charge in [0.15, 0.2) is 0 Å². The molecule has 2 rings (SSSR count). The maximum absolute atomic E-state index is 11.9. The third kappa shape index (κ3) is 4.10. The molecule has 1 atom stereocenters. The molecule has 5 nitrogen and oxygen atoms in total. The SMILES string of the molecule is CC(C)(C)NCC(O)Cn1c(=O)[nH]c2ccccc21.Cl. The fourth-order valence-corrected chi connectivity index (χ4v) is 1.99. The molecule has 2 aromatic rings. The van der Waals surface area contributed by atoms with Gasteiger partial charge in [-0.15, -0.1) is 12.4 Å². The molecule has 0 aliphatic carbocycles. The number of fused-ring (bicyclic) bond motifs is 1. The molecular weight excluding hydrogens is 278 g/mol. The van der Waals surface area contributed by atoms with E-state index in [2.05, 4.69) is 10.3 Å². The van der Waals surface area contributed by atoms with Gasteiger partial charge in [-0.3, -0.25) is 4.57 Å². The Balaban J connectivity index is 0.00000200. The van der Waals surface area contributed by atoms with E-state index < -0.39 is 6.10 Å². The van der Waals surface area contributed by atoms with Gasteiger partial charge in [-0.1, -0.05) is 12.1 Å². The molecule has 0 bridgehead atoms. The molecule has 1 unspecified atom stereocenters. The van der Waals surface area contributed by atoms with E-state index in [9.17, 15) is 9.90 Å². The highest BCUT2D eigenvalue weighted by Gasteiger charge is 2.14. The van der Waals surface area contributed by atoms with Gasteiger partial charge in [-0.25, -0.2) is 4.79 Å². The van der Waals surface area contributed by atoms with Crippen molar-refractivity contribution >= 4 is 23.4 Å². The number of hydrogen-bond acceptors (Lipinski definition) is 3.